The van der Waals surface area contributed by atoms with E-state index in [4.69, 9.17) is 0 Å². The molecule has 2 rings (SSSR count). The summed E-state index contributed by atoms with van der Waals surface area (Å²) in [6, 6.07) is 13.2. The van der Waals surface area contributed by atoms with Gasteiger partial charge in [0.05, 0.1) is 16.4 Å². The average molecular weight is 262 g/mol. The predicted octanol–water partition coefficient (Wildman–Crippen LogP) is 2.32. The molecular weight excluding hydrogens is 248 g/mol. The molecule has 0 aromatic heterocycles. The first-order valence-corrected chi connectivity index (χ1v) is 7.04. The molecule has 0 saturated carbocycles. The standard InChI is InChI=1S/C14H14O3S/c1-11-6-8-13(9-7-11)18(16,17)14-5-3-2-4-12(14)10-15/h2-9,15H,10H2,1H3. The summed E-state index contributed by atoms with van der Waals surface area (Å²) in [6.45, 7) is 1.61. The van der Waals surface area contributed by atoms with Gasteiger partial charge in [0.15, 0.2) is 0 Å². The maximum atomic E-state index is 12.4. The highest BCUT2D eigenvalue weighted by atomic mass is 32.2. The van der Waals surface area contributed by atoms with E-state index in [0.29, 0.717) is 5.56 Å². The second kappa shape index (κ2) is 4.92. The molecule has 0 radical (unpaired) electrons. The Morgan fingerprint density at radius 1 is 1.00 bits per heavy atom. The van der Waals surface area contributed by atoms with Gasteiger partial charge in [-0.15, -0.1) is 0 Å². The maximum absolute atomic E-state index is 12.4. The molecule has 3 nitrogen and oxygen atoms in total. The van der Waals surface area contributed by atoms with Crippen molar-refractivity contribution in [3.05, 3.63) is 59.7 Å². The van der Waals surface area contributed by atoms with E-state index in [1.165, 1.54) is 6.07 Å². The minimum atomic E-state index is -3.56. The third-order valence-corrected chi connectivity index (χ3v) is 4.63. The van der Waals surface area contributed by atoms with E-state index >= 15 is 0 Å². The number of aliphatic hydroxyl groups is 1. The molecule has 2 aromatic carbocycles. The summed E-state index contributed by atoms with van der Waals surface area (Å²) in [5.74, 6) is 0. The van der Waals surface area contributed by atoms with Crippen LogP contribution in [0.4, 0.5) is 0 Å². The summed E-state index contributed by atoms with van der Waals surface area (Å²) in [5.41, 5.74) is 1.42. The summed E-state index contributed by atoms with van der Waals surface area (Å²) in [6.07, 6.45) is 0. The van der Waals surface area contributed by atoms with Gasteiger partial charge in [-0.1, -0.05) is 35.9 Å². The van der Waals surface area contributed by atoms with E-state index in [1.54, 1.807) is 42.5 Å². The Hall–Kier alpha value is -1.65. The molecule has 0 bridgehead atoms. The van der Waals surface area contributed by atoms with E-state index in [-0.39, 0.29) is 16.4 Å². The summed E-state index contributed by atoms with van der Waals surface area (Å²) in [4.78, 5) is 0.408. The van der Waals surface area contributed by atoms with Gasteiger partial charge in [0, 0.05) is 0 Å². The minimum absolute atomic E-state index is 0.163. The van der Waals surface area contributed by atoms with Gasteiger partial charge in [-0.3, -0.25) is 0 Å². The van der Waals surface area contributed by atoms with Crippen LogP contribution in [-0.4, -0.2) is 13.5 Å². The molecule has 1 N–H and O–H groups in total. The van der Waals surface area contributed by atoms with E-state index in [1.807, 2.05) is 6.92 Å². The molecule has 0 amide bonds. The van der Waals surface area contributed by atoms with Gasteiger partial charge >= 0.3 is 0 Å². The monoisotopic (exact) mass is 262 g/mol. The number of hydrogen-bond donors (Lipinski definition) is 1. The highest BCUT2D eigenvalue weighted by Crippen LogP contribution is 2.24. The lowest BCUT2D eigenvalue weighted by atomic mass is 10.2. The van der Waals surface area contributed by atoms with Crippen molar-refractivity contribution in [2.24, 2.45) is 0 Å². The molecule has 94 valence electrons. The van der Waals surface area contributed by atoms with E-state index in [0.717, 1.165) is 5.56 Å². The second-order valence-corrected chi connectivity index (χ2v) is 6.00. The van der Waals surface area contributed by atoms with Crippen LogP contribution in [0.3, 0.4) is 0 Å². The molecule has 0 atom stereocenters. The topological polar surface area (TPSA) is 54.4 Å². The van der Waals surface area contributed by atoms with Gasteiger partial charge < -0.3 is 5.11 Å². The highest BCUT2D eigenvalue weighted by molar-refractivity contribution is 7.91. The van der Waals surface area contributed by atoms with Crippen molar-refractivity contribution in [2.45, 2.75) is 23.3 Å². The van der Waals surface area contributed by atoms with E-state index in [2.05, 4.69) is 0 Å². The zero-order chi connectivity index (χ0) is 13.2. The number of aliphatic hydroxyl groups excluding tert-OH is 1. The summed E-state index contributed by atoms with van der Waals surface area (Å²) in [7, 11) is -3.56. The molecule has 2 aromatic rings. The van der Waals surface area contributed by atoms with Gasteiger partial charge in [-0.25, -0.2) is 8.42 Å². The summed E-state index contributed by atoms with van der Waals surface area (Å²) >= 11 is 0. The lowest BCUT2D eigenvalue weighted by molar-refractivity contribution is 0.278. The third-order valence-electron chi connectivity index (χ3n) is 2.76. The van der Waals surface area contributed by atoms with Crippen molar-refractivity contribution in [3.63, 3.8) is 0 Å². The molecule has 0 aliphatic rings. The summed E-state index contributed by atoms with van der Waals surface area (Å²) < 4.78 is 24.8. The summed E-state index contributed by atoms with van der Waals surface area (Å²) in [5, 5.41) is 9.21. The normalized spacial score (nSPS) is 11.4. The minimum Gasteiger partial charge on any atom is -0.392 e. The molecule has 0 fully saturated rings. The Labute approximate surface area is 107 Å². The lowest BCUT2D eigenvalue weighted by Crippen LogP contribution is -2.05. The zero-order valence-corrected chi connectivity index (χ0v) is 10.8. The van der Waals surface area contributed by atoms with E-state index in [9.17, 15) is 13.5 Å². The fraction of sp³-hybridized carbons (Fsp3) is 0.143. The van der Waals surface area contributed by atoms with E-state index < -0.39 is 9.84 Å². The van der Waals surface area contributed by atoms with Crippen molar-refractivity contribution < 1.29 is 13.5 Å². The quantitative estimate of drug-likeness (QED) is 0.923. The smallest absolute Gasteiger partial charge is 0.206 e. The first-order chi connectivity index (χ1) is 8.55. The first kappa shape index (κ1) is 12.8. The van der Waals surface area contributed by atoms with Gasteiger partial charge in [0.1, 0.15) is 0 Å². The van der Waals surface area contributed by atoms with Crippen LogP contribution in [0, 0.1) is 6.92 Å². The van der Waals surface area contributed by atoms with Crippen LogP contribution >= 0.6 is 0 Å². The molecule has 0 spiro atoms. The molecule has 0 heterocycles. The Bertz CT molecular complexity index is 643. The Morgan fingerprint density at radius 2 is 1.61 bits per heavy atom. The van der Waals surface area contributed by atoms with Crippen molar-refractivity contribution >= 4 is 9.84 Å². The van der Waals surface area contributed by atoms with Crippen LogP contribution in [0.2, 0.25) is 0 Å². The van der Waals surface area contributed by atoms with Gasteiger partial charge in [-0.05, 0) is 30.7 Å². The van der Waals surface area contributed by atoms with Crippen LogP contribution in [0.5, 0.6) is 0 Å². The van der Waals surface area contributed by atoms with Crippen molar-refractivity contribution in [1.82, 2.24) is 0 Å². The van der Waals surface area contributed by atoms with Gasteiger partial charge in [0.25, 0.3) is 0 Å². The Balaban J connectivity index is 2.58. The maximum Gasteiger partial charge on any atom is 0.206 e. The van der Waals surface area contributed by atoms with Crippen LogP contribution in [0.1, 0.15) is 11.1 Å². The fourth-order valence-corrected chi connectivity index (χ4v) is 3.22. The number of rotatable bonds is 3. The molecular formula is C14H14O3S. The SMILES string of the molecule is Cc1ccc(S(=O)(=O)c2ccccc2CO)cc1. The molecule has 0 unspecified atom stereocenters. The Morgan fingerprint density at radius 3 is 2.22 bits per heavy atom. The number of aryl methyl sites for hydroxylation is 1. The largest absolute Gasteiger partial charge is 0.392 e. The van der Waals surface area contributed by atoms with Crippen LogP contribution in [0.25, 0.3) is 0 Å². The van der Waals surface area contributed by atoms with Crippen LogP contribution in [-0.2, 0) is 16.4 Å². The Kier molecular flexibility index (Phi) is 3.50. The van der Waals surface area contributed by atoms with Crippen molar-refractivity contribution in [1.29, 1.82) is 0 Å². The van der Waals surface area contributed by atoms with Crippen LogP contribution < -0.4 is 0 Å². The number of hydrogen-bond acceptors (Lipinski definition) is 3. The fourth-order valence-electron chi connectivity index (χ4n) is 1.74. The van der Waals surface area contributed by atoms with Crippen LogP contribution in [0.15, 0.2) is 58.3 Å². The second-order valence-electron chi connectivity index (χ2n) is 4.08. The highest BCUT2D eigenvalue weighted by Gasteiger charge is 2.20. The lowest BCUT2D eigenvalue weighted by Gasteiger charge is -2.08. The first-order valence-electron chi connectivity index (χ1n) is 5.56. The van der Waals surface area contributed by atoms with Gasteiger partial charge in [-0.2, -0.15) is 0 Å². The average Bonchev–Trinajstić information content (AvgIpc) is 2.39. The van der Waals surface area contributed by atoms with Gasteiger partial charge in [0.2, 0.25) is 9.84 Å². The third kappa shape index (κ3) is 2.30. The molecule has 0 aliphatic carbocycles. The van der Waals surface area contributed by atoms with Crippen molar-refractivity contribution in [3.8, 4) is 0 Å². The van der Waals surface area contributed by atoms with Crippen molar-refractivity contribution in [2.75, 3.05) is 0 Å². The number of benzene rings is 2. The zero-order valence-electron chi connectivity index (χ0n) is 10.00. The molecule has 0 saturated heterocycles. The molecule has 0 aliphatic heterocycles. The predicted molar refractivity (Wildman–Crippen MR) is 69.0 cm³/mol. The molecule has 4 heteroatoms. The number of sulfone groups is 1. The molecule has 18 heavy (non-hydrogen) atoms.